The van der Waals surface area contributed by atoms with Crippen molar-refractivity contribution in [3.8, 4) is 0 Å². The van der Waals surface area contributed by atoms with Crippen molar-refractivity contribution in [1.29, 1.82) is 0 Å². The molecule has 0 saturated heterocycles. The maximum absolute atomic E-state index is 13.5. The lowest BCUT2D eigenvalue weighted by atomic mass is 10.1. The fourth-order valence-electron chi connectivity index (χ4n) is 2.51. The van der Waals surface area contributed by atoms with Crippen molar-refractivity contribution in [3.63, 3.8) is 0 Å². The van der Waals surface area contributed by atoms with Gasteiger partial charge in [0.1, 0.15) is 5.82 Å². The van der Waals surface area contributed by atoms with E-state index >= 15 is 0 Å². The number of rotatable bonds is 3. The number of benzene rings is 1. The zero-order chi connectivity index (χ0) is 17.3. The van der Waals surface area contributed by atoms with Crippen LogP contribution in [0, 0.1) is 12.7 Å². The topological polar surface area (TPSA) is 74.8 Å². The molecule has 1 unspecified atom stereocenters. The normalized spacial score (nSPS) is 12.1. The first-order valence-electron chi connectivity index (χ1n) is 7.50. The van der Waals surface area contributed by atoms with Gasteiger partial charge in [-0.25, -0.2) is 4.39 Å². The number of carbonyl (C=O) groups excluding carboxylic acids is 1. The van der Waals surface area contributed by atoms with Gasteiger partial charge in [-0.1, -0.05) is 6.07 Å². The number of fused-ring (bicyclic) bond motifs is 1. The number of nitrogens with one attached hydrogen (secondary N) is 2. The number of hydrogen-bond acceptors (Lipinski definition) is 3. The summed E-state index contributed by atoms with van der Waals surface area (Å²) in [6.45, 7) is 3.70. The van der Waals surface area contributed by atoms with Gasteiger partial charge in [-0.15, -0.1) is 0 Å². The molecule has 122 valence electrons. The van der Waals surface area contributed by atoms with Gasteiger partial charge < -0.3 is 10.3 Å². The minimum absolute atomic E-state index is 0.139. The average molecular weight is 325 g/mol. The van der Waals surface area contributed by atoms with Gasteiger partial charge in [-0.05, 0) is 43.7 Å². The first-order chi connectivity index (χ1) is 11.4. The molecule has 0 aliphatic carbocycles. The van der Waals surface area contributed by atoms with E-state index in [1.54, 1.807) is 6.20 Å². The maximum Gasteiger partial charge on any atom is 0.252 e. The van der Waals surface area contributed by atoms with E-state index < -0.39 is 17.3 Å². The van der Waals surface area contributed by atoms with E-state index in [1.807, 2.05) is 26.0 Å². The number of pyridine rings is 2. The second-order valence-corrected chi connectivity index (χ2v) is 5.67. The number of nitrogens with zero attached hydrogens (tertiary/aromatic N) is 1. The van der Waals surface area contributed by atoms with E-state index in [1.165, 1.54) is 24.3 Å². The number of amides is 1. The highest BCUT2D eigenvalue weighted by atomic mass is 19.1. The first-order valence-corrected chi connectivity index (χ1v) is 7.50. The van der Waals surface area contributed by atoms with Crippen LogP contribution in [0.2, 0.25) is 0 Å². The van der Waals surface area contributed by atoms with Gasteiger partial charge in [-0.2, -0.15) is 0 Å². The third-order valence-corrected chi connectivity index (χ3v) is 3.83. The third-order valence-electron chi connectivity index (χ3n) is 3.83. The van der Waals surface area contributed by atoms with Gasteiger partial charge >= 0.3 is 0 Å². The van der Waals surface area contributed by atoms with Crippen LogP contribution >= 0.6 is 0 Å². The van der Waals surface area contributed by atoms with Crippen LogP contribution < -0.4 is 10.9 Å². The summed E-state index contributed by atoms with van der Waals surface area (Å²) in [6, 6.07) is 8.53. The standard InChI is InChI=1S/C18H16FN3O2/c1-10-3-4-12(9-20-10)11(2)21-18(24)15-8-17(23)22-16-6-5-13(19)7-14(15)16/h3-9,11H,1-2H3,(H,21,24)(H,22,23). The molecule has 0 aliphatic rings. The minimum Gasteiger partial charge on any atom is -0.345 e. The van der Waals surface area contributed by atoms with E-state index in [0.29, 0.717) is 10.9 Å². The van der Waals surface area contributed by atoms with Gasteiger partial charge in [0, 0.05) is 28.9 Å². The lowest BCUT2D eigenvalue weighted by Gasteiger charge is -2.15. The zero-order valence-electron chi connectivity index (χ0n) is 13.3. The van der Waals surface area contributed by atoms with Crippen molar-refractivity contribution in [2.75, 3.05) is 0 Å². The number of aromatic nitrogens is 2. The van der Waals surface area contributed by atoms with Crippen LogP contribution in [-0.4, -0.2) is 15.9 Å². The number of halogens is 1. The Morgan fingerprint density at radius 2 is 2.04 bits per heavy atom. The van der Waals surface area contributed by atoms with Crippen LogP contribution in [0.3, 0.4) is 0 Å². The van der Waals surface area contributed by atoms with Gasteiger partial charge in [-0.3, -0.25) is 14.6 Å². The minimum atomic E-state index is -0.473. The molecule has 2 aromatic heterocycles. The van der Waals surface area contributed by atoms with E-state index in [4.69, 9.17) is 0 Å². The summed E-state index contributed by atoms with van der Waals surface area (Å²) < 4.78 is 13.5. The molecule has 0 bridgehead atoms. The largest absolute Gasteiger partial charge is 0.345 e. The molecular formula is C18H16FN3O2. The molecular weight excluding hydrogens is 309 g/mol. The van der Waals surface area contributed by atoms with Gasteiger partial charge in [0.25, 0.3) is 5.91 Å². The van der Waals surface area contributed by atoms with Crippen LogP contribution in [0.25, 0.3) is 10.9 Å². The summed E-state index contributed by atoms with van der Waals surface area (Å²) in [5, 5.41) is 3.18. The predicted molar refractivity (Wildman–Crippen MR) is 89.4 cm³/mol. The monoisotopic (exact) mass is 325 g/mol. The van der Waals surface area contributed by atoms with Gasteiger partial charge in [0.2, 0.25) is 5.56 Å². The van der Waals surface area contributed by atoms with Crippen molar-refractivity contribution >= 4 is 16.8 Å². The molecule has 6 heteroatoms. The number of aryl methyl sites for hydroxylation is 1. The van der Waals surface area contributed by atoms with Gasteiger partial charge in [0.15, 0.2) is 0 Å². The molecule has 1 amide bonds. The van der Waals surface area contributed by atoms with Crippen molar-refractivity contribution < 1.29 is 9.18 Å². The average Bonchev–Trinajstić information content (AvgIpc) is 2.55. The Hall–Kier alpha value is -3.02. The number of H-pyrrole nitrogens is 1. The van der Waals surface area contributed by atoms with Crippen LogP contribution in [0.1, 0.15) is 34.6 Å². The Bertz CT molecular complexity index is 964. The molecule has 0 spiro atoms. The summed E-state index contributed by atoms with van der Waals surface area (Å²) in [7, 11) is 0. The highest BCUT2D eigenvalue weighted by Crippen LogP contribution is 2.18. The summed E-state index contributed by atoms with van der Waals surface area (Å²) in [4.78, 5) is 31.1. The van der Waals surface area contributed by atoms with E-state index in [-0.39, 0.29) is 11.6 Å². The first kappa shape index (κ1) is 15.9. The summed E-state index contributed by atoms with van der Waals surface area (Å²) in [5.41, 5.74) is 1.87. The Kier molecular flexibility index (Phi) is 4.12. The Balaban J connectivity index is 1.95. The fourth-order valence-corrected chi connectivity index (χ4v) is 2.51. The number of hydrogen-bond donors (Lipinski definition) is 2. The Morgan fingerprint density at radius 3 is 2.75 bits per heavy atom. The van der Waals surface area contributed by atoms with Crippen LogP contribution in [0.5, 0.6) is 0 Å². The Labute approximate surface area is 137 Å². The number of aromatic amines is 1. The smallest absolute Gasteiger partial charge is 0.252 e. The summed E-state index contributed by atoms with van der Waals surface area (Å²) >= 11 is 0. The lowest BCUT2D eigenvalue weighted by molar-refractivity contribution is 0.0941. The van der Waals surface area contributed by atoms with E-state index in [2.05, 4.69) is 15.3 Å². The maximum atomic E-state index is 13.5. The van der Waals surface area contributed by atoms with Crippen molar-refractivity contribution in [3.05, 3.63) is 75.6 Å². The molecule has 1 aromatic carbocycles. The van der Waals surface area contributed by atoms with Crippen molar-refractivity contribution in [2.24, 2.45) is 0 Å². The summed E-state index contributed by atoms with van der Waals surface area (Å²) in [5.74, 6) is -0.913. The third kappa shape index (κ3) is 3.17. The van der Waals surface area contributed by atoms with Crippen LogP contribution in [-0.2, 0) is 0 Å². The second kappa shape index (κ2) is 6.23. The fraction of sp³-hybridized carbons (Fsp3) is 0.167. The highest BCUT2D eigenvalue weighted by Gasteiger charge is 2.16. The molecule has 5 nitrogen and oxygen atoms in total. The van der Waals surface area contributed by atoms with Crippen LogP contribution in [0.4, 0.5) is 4.39 Å². The SMILES string of the molecule is Cc1ccc(C(C)NC(=O)c2cc(=O)[nH]c3ccc(F)cc23)cn1. The molecule has 24 heavy (non-hydrogen) atoms. The molecule has 0 aliphatic heterocycles. The molecule has 1 atom stereocenters. The number of carbonyl (C=O) groups is 1. The quantitative estimate of drug-likeness (QED) is 0.777. The molecule has 3 aromatic rings. The Morgan fingerprint density at radius 1 is 1.25 bits per heavy atom. The second-order valence-electron chi connectivity index (χ2n) is 5.67. The molecule has 0 saturated carbocycles. The molecule has 2 heterocycles. The van der Waals surface area contributed by atoms with E-state index in [0.717, 1.165) is 11.3 Å². The summed E-state index contributed by atoms with van der Waals surface area (Å²) in [6.07, 6.45) is 1.69. The van der Waals surface area contributed by atoms with Gasteiger partial charge in [0.05, 0.1) is 11.6 Å². The highest BCUT2D eigenvalue weighted by molar-refractivity contribution is 6.06. The lowest BCUT2D eigenvalue weighted by Crippen LogP contribution is -2.28. The molecule has 0 fully saturated rings. The van der Waals surface area contributed by atoms with Crippen molar-refractivity contribution in [2.45, 2.75) is 19.9 Å². The van der Waals surface area contributed by atoms with Crippen molar-refractivity contribution in [1.82, 2.24) is 15.3 Å². The van der Waals surface area contributed by atoms with Crippen LogP contribution in [0.15, 0.2) is 47.4 Å². The molecule has 3 rings (SSSR count). The van der Waals surface area contributed by atoms with E-state index in [9.17, 15) is 14.0 Å². The predicted octanol–water partition coefficient (Wildman–Crippen LogP) is 2.86. The molecule has 2 N–H and O–H groups in total. The zero-order valence-corrected chi connectivity index (χ0v) is 13.3. The molecule has 0 radical (unpaired) electrons.